The highest BCUT2D eigenvalue weighted by molar-refractivity contribution is 9.10. The molecule has 20 heavy (non-hydrogen) atoms. The van der Waals surface area contributed by atoms with Crippen LogP contribution in [0.25, 0.3) is 0 Å². The van der Waals surface area contributed by atoms with Crippen LogP contribution in [0.2, 0.25) is 0 Å². The van der Waals surface area contributed by atoms with Crippen molar-refractivity contribution in [1.82, 2.24) is 0 Å². The van der Waals surface area contributed by atoms with E-state index in [1.165, 1.54) is 24.3 Å². The van der Waals surface area contributed by atoms with E-state index in [0.29, 0.717) is 6.29 Å². The van der Waals surface area contributed by atoms with Gasteiger partial charge in [0.05, 0.1) is 4.92 Å². The van der Waals surface area contributed by atoms with Gasteiger partial charge in [-0.05, 0) is 34.1 Å². The number of nitro benzene ring substituents is 1. The lowest BCUT2D eigenvalue weighted by atomic mass is 10.2. The Balaban J connectivity index is 2.40. The Bertz CT molecular complexity index is 690. The second-order valence-corrected chi connectivity index (χ2v) is 4.58. The number of hydrogen-bond acceptors (Lipinski definition) is 4. The van der Waals surface area contributed by atoms with E-state index >= 15 is 0 Å². The largest absolute Gasteiger partial charge is 0.456 e. The summed E-state index contributed by atoms with van der Waals surface area (Å²) in [5, 5.41) is 10.8. The fourth-order valence-corrected chi connectivity index (χ4v) is 2.05. The van der Waals surface area contributed by atoms with Gasteiger partial charge < -0.3 is 4.74 Å². The Morgan fingerprint density at radius 1 is 1.30 bits per heavy atom. The number of rotatable bonds is 4. The Morgan fingerprint density at radius 3 is 2.70 bits per heavy atom. The molecule has 0 saturated heterocycles. The number of aldehydes is 1. The quantitative estimate of drug-likeness (QED) is 0.477. The van der Waals surface area contributed by atoms with Gasteiger partial charge in [-0.2, -0.15) is 0 Å². The van der Waals surface area contributed by atoms with Crippen molar-refractivity contribution in [2.45, 2.75) is 0 Å². The lowest BCUT2D eigenvalue weighted by Crippen LogP contribution is -1.93. The predicted molar refractivity (Wildman–Crippen MR) is 72.7 cm³/mol. The molecule has 0 aliphatic rings. The molecule has 5 nitrogen and oxygen atoms in total. The van der Waals surface area contributed by atoms with Crippen LogP contribution >= 0.6 is 15.9 Å². The Morgan fingerprint density at radius 2 is 2.05 bits per heavy atom. The minimum absolute atomic E-state index is 0.0771. The van der Waals surface area contributed by atoms with E-state index in [9.17, 15) is 19.3 Å². The normalized spacial score (nSPS) is 10.1. The van der Waals surface area contributed by atoms with Gasteiger partial charge in [-0.15, -0.1) is 0 Å². The Hall–Kier alpha value is -2.28. The van der Waals surface area contributed by atoms with Gasteiger partial charge in [-0.1, -0.05) is 6.07 Å². The topological polar surface area (TPSA) is 69.4 Å². The number of ether oxygens (including phenoxy) is 1. The molecule has 0 N–H and O–H groups in total. The molecule has 102 valence electrons. The molecule has 2 aromatic carbocycles. The van der Waals surface area contributed by atoms with E-state index in [1.807, 2.05) is 0 Å². The fraction of sp³-hybridized carbons (Fsp3) is 0. The van der Waals surface area contributed by atoms with Crippen molar-refractivity contribution < 1.29 is 18.8 Å². The first kappa shape index (κ1) is 14.1. The summed E-state index contributed by atoms with van der Waals surface area (Å²) in [5.74, 6) is -0.402. The minimum atomic E-state index is -0.633. The summed E-state index contributed by atoms with van der Waals surface area (Å²) in [6.07, 6.45) is 0.485. The summed E-state index contributed by atoms with van der Waals surface area (Å²) in [6.45, 7) is 0. The summed E-state index contributed by atoms with van der Waals surface area (Å²) in [6, 6.07) is 7.71. The first-order valence-corrected chi connectivity index (χ1v) is 6.17. The zero-order chi connectivity index (χ0) is 14.7. The number of carbonyl (C=O) groups is 1. The molecular formula is C13H7BrFNO4. The van der Waals surface area contributed by atoms with Crippen LogP contribution in [0.5, 0.6) is 11.5 Å². The van der Waals surface area contributed by atoms with Crippen molar-refractivity contribution in [1.29, 1.82) is 0 Å². The van der Waals surface area contributed by atoms with Crippen LogP contribution in [-0.4, -0.2) is 11.2 Å². The predicted octanol–water partition coefficient (Wildman–Crippen LogP) is 4.10. The van der Waals surface area contributed by atoms with Crippen molar-refractivity contribution in [2.24, 2.45) is 0 Å². The monoisotopic (exact) mass is 339 g/mol. The van der Waals surface area contributed by atoms with E-state index in [-0.39, 0.29) is 27.2 Å². The number of hydrogen-bond donors (Lipinski definition) is 0. The van der Waals surface area contributed by atoms with Gasteiger partial charge in [0, 0.05) is 17.7 Å². The Kier molecular flexibility index (Phi) is 4.09. The Labute approximate surface area is 121 Å². The molecule has 0 saturated carbocycles. The zero-order valence-electron chi connectivity index (χ0n) is 9.88. The van der Waals surface area contributed by atoms with Crippen LogP contribution < -0.4 is 4.74 Å². The highest BCUT2D eigenvalue weighted by Crippen LogP contribution is 2.36. The maximum Gasteiger partial charge on any atom is 0.287 e. The maximum atomic E-state index is 13.3. The van der Waals surface area contributed by atoms with Gasteiger partial charge >= 0.3 is 0 Å². The van der Waals surface area contributed by atoms with Gasteiger partial charge in [0.2, 0.25) is 0 Å². The molecule has 2 rings (SSSR count). The number of carbonyl (C=O) groups excluding carboxylic acids is 1. The van der Waals surface area contributed by atoms with Crippen LogP contribution in [0.15, 0.2) is 40.9 Å². The van der Waals surface area contributed by atoms with Crippen molar-refractivity contribution in [3.63, 3.8) is 0 Å². The third-order valence-corrected chi connectivity index (χ3v) is 3.19. The number of nitrogens with zero attached hydrogens (tertiary/aromatic N) is 1. The van der Waals surface area contributed by atoms with E-state index < -0.39 is 10.7 Å². The molecule has 0 spiro atoms. The van der Waals surface area contributed by atoms with E-state index in [0.717, 1.165) is 12.1 Å². The molecule has 0 unspecified atom stereocenters. The summed E-state index contributed by atoms with van der Waals surface area (Å²) >= 11 is 3.06. The molecule has 0 aromatic heterocycles. The third-order valence-electron chi connectivity index (χ3n) is 2.40. The molecule has 0 aliphatic heterocycles. The molecule has 0 fully saturated rings. The van der Waals surface area contributed by atoms with Crippen molar-refractivity contribution >= 4 is 27.9 Å². The van der Waals surface area contributed by atoms with Crippen LogP contribution in [0.1, 0.15) is 10.4 Å². The molecule has 2 aromatic rings. The SMILES string of the molecule is O=Cc1cc(F)cc(Oc2cccc([N+](=O)[O-])c2Br)c1. The summed E-state index contributed by atoms with van der Waals surface area (Å²) in [4.78, 5) is 20.9. The molecule has 0 heterocycles. The van der Waals surface area contributed by atoms with Gasteiger partial charge in [-0.25, -0.2) is 4.39 Å². The molecule has 0 atom stereocenters. The first-order chi connectivity index (χ1) is 9.51. The minimum Gasteiger partial charge on any atom is -0.456 e. The lowest BCUT2D eigenvalue weighted by molar-refractivity contribution is -0.385. The van der Waals surface area contributed by atoms with E-state index in [1.54, 1.807) is 0 Å². The van der Waals surface area contributed by atoms with Crippen molar-refractivity contribution in [2.75, 3.05) is 0 Å². The summed E-state index contributed by atoms with van der Waals surface area (Å²) in [7, 11) is 0. The van der Waals surface area contributed by atoms with E-state index in [2.05, 4.69) is 15.9 Å². The number of nitro groups is 1. The van der Waals surface area contributed by atoms with Crippen molar-refractivity contribution in [3.8, 4) is 11.5 Å². The third kappa shape index (κ3) is 3.00. The van der Waals surface area contributed by atoms with Crippen LogP contribution in [0.3, 0.4) is 0 Å². The van der Waals surface area contributed by atoms with Gasteiger partial charge in [0.15, 0.2) is 0 Å². The van der Waals surface area contributed by atoms with Crippen LogP contribution in [0.4, 0.5) is 10.1 Å². The molecule has 0 amide bonds. The standard InChI is InChI=1S/C13H7BrFNO4/c14-13-11(16(18)19)2-1-3-12(13)20-10-5-8(7-17)4-9(15)6-10/h1-7H. The maximum absolute atomic E-state index is 13.3. The van der Waals surface area contributed by atoms with Gasteiger partial charge in [0.25, 0.3) is 5.69 Å². The lowest BCUT2D eigenvalue weighted by Gasteiger charge is -2.08. The first-order valence-electron chi connectivity index (χ1n) is 5.38. The highest BCUT2D eigenvalue weighted by Gasteiger charge is 2.16. The van der Waals surface area contributed by atoms with Crippen LogP contribution in [0, 0.1) is 15.9 Å². The van der Waals surface area contributed by atoms with Crippen molar-refractivity contribution in [3.05, 3.63) is 62.4 Å². The summed E-state index contributed by atoms with van der Waals surface area (Å²) in [5.41, 5.74) is -0.0592. The molecule has 0 bridgehead atoms. The smallest absolute Gasteiger partial charge is 0.287 e. The average molecular weight is 340 g/mol. The van der Waals surface area contributed by atoms with Gasteiger partial charge in [-0.3, -0.25) is 14.9 Å². The number of halogens is 2. The molecule has 0 aliphatic carbocycles. The molecule has 0 radical (unpaired) electrons. The fourth-order valence-electron chi connectivity index (χ4n) is 1.56. The second kappa shape index (κ2) is 5.79. The summed E-state index contributed by atoms with van der Waals surface area (Å²) < 4.78 is 18.8. The second-order valence-electron chi connectivity index (χ2n) is 3.79. The molecule has 7 heteroatoms. The average Bonchev–Trinajstić information content (AvgIpc) is 2.40. The zero-order valence-corrected chi connectivity index (χ0v) is 11.5. The van der Waals surface area contributed by atoms with Gasteiger partial charge in [0.1, 0.15) is 28.1 Å². The molecular weight excluding hydrogens is 333 g/mol. The van der Waals surface area contributed by atoms with Crippen LogP contribution in [-0.2, 0) is 0 Å². The highest BCUT2D eigenvalue weighted by atomic mass is 79.9. The van der Waals surface area contributed by atoms with E-state index in [4.69, 9.17) is 4.74 Å². The number of benzene rings is 2.